The summed E-state index contributed by atoms with van der Waals surface area (Å²) >= 11 is 0. The predicted octanol–water partition coefficient (Wildman–Crippen LogP) is 5.03. The second-order valence-electron chi connectivity index (χ2n) is 9.70. The van der Waals surface area contributed by atoms with Gasteiger partial charge in [-0.05, 0) is 61.2 Å². The van der Waals surface area contributed by atoms with Crippen molar-refractivity contribution < 1.29 is 24.5 Å². The number of hydrogen-bond acceptors (Lipinski definition) is 5. The van der Waals surface area contributed by atoms with Gasteiger partial charge in [0.1, 0.15) is 12.7 Å². The molecule has 2 N–H and O–H groups in total. The van der Waals surface area contributed by atoms with Crippen molar-refractivity contribution in [3.63, 3.8) is 0 Å². The fraction of sp³-hybridized carbons (Fsp3) is 0.957. The normalized spacial score (nSPS) is 33.2. The molecule has 0 heterocycles. The van der Waals surface area contributed by atoms with Gasteiger partial charge in [0, 0.05) is 0 Å². The zero-order chi connectivity index (χ0) is 21.3. The van der Waals surface area contributed by atoms with Gasteiger partial charge < -0.3 is 19.7 Å². The first-order chi connectivity index (χ1) is 13.1. The average Bonchev–Trinajstić information content (AvgIpc) is 2.60. The summed E-state index contributed by atoms with van der Waals surface area (Å²) in [4.78, 5) is 11.4. The number of carbonyl (C=O) groups is 1. The monoisotopic (exact) mass is 400 g/mol. The maximum absolute atomic E-state index is 11.4. The van der Waals surface area contributed by atoms with Gasteiger partial charge in [-0.2, -0.15) is 0 Å². The summed E-state index contributed by atoms with van der Waals surface area (Å²) < 4.78 is 10.1. The van der Waals surface area contributed by atoms with Crippen LogP contribution in [-0.4, -0.2) is 41.8 Å². The van der Waals surface area contributed by atoms with Gasteiger partial charge in [-0.25, -0.2) is 4.79 Å². The van der Waals surface area contributed by atoms with E-state index in [1.807, 2.05) is 0 Å². The highest BCUT2D eigenvalue weighted by Crippen LogP contribution is 2.35. The lowest BCUT2D eigenvalue weighted by molar-refractivity contribution is -0.0351. The second-order valence-corrected chi connectivity index (χ2v) is 9.70. The molecule has 2 aliphatic rings. The Labute approximate surface area is 172 Å². The van der Waals surface area contributed by atoms with E-state index in [4.69, 9.17) is 14.6 Å². The third-order valence-electron chi connectivity index (χ3n) is 6.51. The Hall–Kier alpha value is -0.810. The first-order valence-electron chi connectivity index (χ1n) is 11.3. The summed E-state index contributed by atoms with van der Waals surface area (Å²) in [5.74, 6) is 3.48. The van der Waals surface area contributed by atoms with Crippen molar-refractivity contribution in [3.05, 3.63) is 0 Å². The topological polar surface area (TPSA) is 76.0 Å². The van der Waals surface area contributed by atoms with Crippen molar-refractivity contribution >= 4 is 6.16 Å². The highest BCUT2D eigenvalue weighted by Gasteiger charge is 2.33. The fourth-order valence-corrected chi connectivity index (χ4v) is 4.69. The molecule has 2 aliphatic carbocycles. The summed E-state index contributed by atoms with van der Waals surface area (Å²) in [7, 11) is 0. The van der Waals surface area contributed by atoms with Crippen LogP contribution in [-0.2, 0) is 9.47 Å². The third-order valence-corrected chi connectivity index (χ3v) is 6.51. The van der Waals surface area contributed by atoms with Crippen LogP contribution in [0.5, 0.6) is 0 Å². The number of rotatable bonds is 5. The number of hydrogen-bond donors (Lipinski definition) is 2. The van der Waals surface area contributed by atoms with Crippen LogP contribution in [0.2, 0.25) is 0 Å². The summed E-state index contributed by atoms with van der Waals surface area (Å²) in [5, 5.41) is 18.3. The van der Waals surface area contributed by atoms with Crippen molar-refractivity contribution in [1.29, 1.82) is 0 Å². The Kier molecular flexibility index (Phi) is 11.4. The van der Waals surface area contributed by atoms with Crippen molar-refractivity contribution in [1.82, 2.24) is 0 Å². The molecule has 5 nitrogen and oxygen atoms in total. The lowest BCUT2D eigenvalue weighted by atomic mass is 9.75. The molecule has 0 aromatic heterocycles. The van der Waals surface area contributed by atoms with Crippen LogP contribution in [0.4, 0.5) is 4.79 Å². The lowest BCUT2D eigenvalue weighted by Gasteiger charge is -2.36. The van der Waals surface area contributed by atoms with Crippen LogP contribution in [0, 0.1) is 35.5 Å². The molecule has 5 heteroatoms. The van der Waals surface area contributed by atoms with E-state index in [1.165, 1.54) is 19.3 Å². The standard InChI is InChI=1S/C13H24O4.C10H20O/c1-9(2)11-5-4-10(3)8-12(11)17-13(15)16-7-6-14;1-7(2)9-5-4-8(3)6-10(9)11/h9-12,14H,4-8H2,1-3H3;7-11H,4-6H2,1-3H3. The van der Waals surface area contributed by atoms with Gasteiger partial charge in [0.05, 0.1) is 12.7 Å². The molecular weight excluding hydrogens is 356 g/mol. The molecule has 0 aromatic carbocycles. The second kappa shape index (κ2) is 12.7. The van der Waals surface area contributed by atoms with Crippen LogP contribution in [0.3, 0.4) is 0 Å². The quantitative estimate of drug-likeness (QED) is 0.633. The van der Waals surface area contributed by atoms with Gasteiger partial charge in [0.2, 0.25) is 0 Å². The molecule has 0 aromatic rings. The molecule has 28 heavy (non-hydrogen) atoms. The minimum absolute atomic E-state index is 0.00739. The van der Waals surface area contributed by atoms with Crippen LogP contribution >= 0.6 is 0 Å². The minimum atomic E-state index is -0.649. The van der Waals surface area contributed by atoms with Gasteiger partial charge in [-0.15, -0.1) is 0 Å². The molecule has 2 fully saturated rings. The zero-order valence-electron chi connectivity index (χ0n) is 18.9. The van der Waals surface area contributed by atoms with Gasteiger partial charge in [0.15, 0.2) is 0 Å². The molecule has 0 saturated heterocycles. The summed E-state index contributed by atoms with van der Waals surface area (Å²) in [6, 6.07) is 0. The highest BCUT2D eigenvalue weighted by atomic mass is 16.7. The summed E-state index contributed by atoms with van der Waals surface area (Å²) in [5.41, 5.74) is 0. The summed E-state index contributed by atoms with van der Waals surface area (Å²) in [6.45, 7) is 13.0. The number of aliphatic hydroxyl groups excluding tert-OH is 2. The molecule has 2 saturated carbocycles. The Morgan fingerprint density at radius 1 is 0.929 bits per heavy atom. The molecule has 0 bridgehead atoms. The van der Waals surface area contributed by atoms with Crippen molar-refractivity contribution in [2.24, 2.45) is 35.5 Å². The average molecular weight is 401 g/mol. The van der Waals surface area contributed by atoms with E-state index in [-0.39, 0.29) is 25.4 Å². The van der Waals surface area contributed by atoms with Gasteiger partial charge in [0.25, 0.3) is 0 Å². The SMILES string of the molecule is CC1CCC(C(C)C)C(O)C1.CC1CCC(C(C)C)C(OC(=O)OCCO)C1. The van der Waals surface area contributed by atoms with E-state index in [0.29, 0.717) is 29.6 Å². The van der Waals surface area contributed by atoms with E-state index in [9.17, 15) is 9.90 Å². The smallest absolute Gasteiger partial charge is 0.432 e. The predicted molar refractivity (Wildman–Crippen MR) is 112 cm³/mol. The minimum Gasteiger partial charge on any atom is -0.432 e. The molecular formula is C23H44O5. The molecule has 6 unspecified atom stereocenters. The maximum Gasteiger partial charge on any atom is 0.508 e. The Morgan fingerprint density at radius 2 is 1.46 bits per heavy atom. The molecule has 6 atom stereocenters. The number of carbonyl (C=O) groups excluding carboxylic acids is 1. The van der Waals surface area contributed by atoms with Gasteiger partial charge in [-0.1, -0.05) is 54.4 Å². The van der Waals surface area contributed by atoms with Crippen molar-refractivity contribution in [2.45, 2.75) is 92.3 Å². The number of ether oxygens (including phenoxy) is 2. The molecule has 0 spiro atoms. The Bertz CT molecular complexity index is 437. The van der Waals surface area contributed by atoms with Crippen LogP contribution in [0.1, 0.15) is 80.1 Å². The van der Waals surface area contributed by atoms with Crippen LogP contribution in [0.15, 0.2) is 0 Å². The molecule has 166 valence electrons. The summed E-state index contributed by atoms with van der Waals surface area (Å²) in [6.07, 6.45) is 6.05. The van der Waals surface area contributed by atoms with Crippen molar-refractivity contribution in [3.8, 4) is 0 Å². The Morgan fingerprint density at radius 3 is 1.96 bits per heavy atom. The van der Waals surface area contributed by atoms with E-state index >= 15 is 0 Å². The molecule has 0 radical (unpaired) electrons. The van der Waals surface area contributed by atoms with E-state index in [2.05, 4.69) is 41.5 Å². The highest BCUT2D eigenvalue weighted by molar-refractivity contribution is 5.60. The van der Waals surface area contributed by atoms with Gasteiger partial charge in [-0.3, -0.25) is 0 Å². The number of aliphatic hydroxyl groups is 2. The molecule has 0 aliphatic heterocycles. The van der Waals surface area contributed by atoms with E-state index in [1.54, 1.807) is 0 Å². The van der Waals surface area contributed by atoms with E-state index in [0.717, 1.165) is 25.2 Å². The first kappa shape index (κ1) is 25.2. The molecule has 2 rings (SSSR count). The fourth-order valence-electron chi connectivity index (χ4n) is 4.69. The van der Waals surface area contributed by atoms with Crippen LogP contribution in [0.25, 0.3) is 0 Å². The lowest BCUT2D eigenvalue weighted by Crippen LogP contribution is -2.36. The first-order valence-corrected chi connectivity index (χ1v) is 11.3. The maximum atomic E-state index is 11.4. The zero-order valence-corrected chi connectivity index (χ0v) is 18.9. The largest absolute Gasteiger partial charge is 0.508 e. The third kappa shape index (κ3) is 8.69. The van der Waals surface area contributed by atoms with E-state index < -0.39 is 6.16 Å². The van der Waals surface area contributed by atoms with Crippen molar-refractivity contribution in [2.75, 3.05) is 13.2 Å². The van der Waals surface area contributed by atoms with Gasteiger partial charge >= 0.3 is 6.16 Å². The Balaban J connectivity index is 0.000000307. The molecule has 0 amide bonds. The van der Waals surface area contributed by atoms with Crippen LogP contribution < -0.4 is 0 Å².